The Morgan fingerprint density at radius 2 is 2.00 bits per heavy atom. The predicted molar refractivity (Wildman–Crippen MR) is 132 cm³/mol. The Bertz CT molecular complexity index is 1460. The van der Waals surface area contributed by atoms with Gasteiger partial charge in [-0.05, 0) is 24.1 Å². The van der Waals surface area contributed by atoms with Crippen LogP contribution >= 0.6 is 0 Å². The van der Waals surface area contributed by atoms with E-state index < -0.39 is 43.7 Å². The van der Waals surface area contributed by atoms with Crippen LogP contribution in [0.4, 0.5) is 27.9 Å². The van der Waals surface area contributed by atoms with Crippen molar-refractivity contribution < 1.29 is 31.4 Å². The van der Waals surface area contributed by atoms with Gasteiger partial charge in [-0.1, -0.05) is 11.3 Å². The molecule has 4 aromatic rings. The van der Waals surface area contributed by atoms with Gasteiger partial charge in [-0.15, -0.1) is 10.2 Å². The van der Waals surface area contributed by atoms with Crippen LogP contribution in [0, 0.1) is 5.82 Å². The molecule has 3 aromatic heterocycles. The molecule has 15 heteroatoms. The average Bonchev–Trinajstić information content (AvgIpc) is 3.48. The van der Waals surface area contributed by atoms with Crippen molar-refractivity contribution in [1.82, 2.24) is 34.5 Å². The summed E-state index contributed by atoms with van der Waals surface area (Å²) in [4.78, 5) is 5.87. The number of methoxy groups -OCH3 is 2. The third-order valence-electron chi connectivity index (χ3n) is 6.80. The summed E-state index contributed by atoms with van der Waals surface area (Å²) < 4.78 is 84.4. The molecular formula is C24H27F5N8O2. The third kappa shape index (κ3) is 5.07. The topological polar surface area (TPSA) is 94.6 Å². The zero-order valence-corrected chi connectivity index (χ0v) is 21.3. The number of ether oxygens (including phenoxy) is 2. The SMILES string of the molecule is COCCN1CC[C@@H](Nc2nc(OC)c3c(-c4ccc5nnn(C(CF)CF)c5c4)c(F)cn3n2)C(F)(F)C1. The number of benzene rings is 1. The summed E-state index contributed by atoms with van der Waals surface area (Å²) in [6.45, 7) is -1.26. The minimum absolute atomic E-state index is 0.0515. The molecule has 1 atom stereocenters. The van der Waals surface area contributed by atoms with Crippen LogP contribution in [-0.2, 0) is 4.74 Å². The first kappa shape index (κ1) is 27.0. The summed E-state index contributed by atoms with van der Waals surface area (Å²) in [5, 5.41) is 14.7. The summed E-state index contributed by atoms with van der Waals surface area (Å²) in [6, 6.07) is 2.22. The number of aromatic nitrogens is 6. The van der Waals surface area contributed by atoms with Crippen LogP contribution in [-0.4, -0.2) is 100 Å². The average molecular weight is 555 g/mol. The number of nitrogens with zero attached hydrogens (tertiary/aromatic N) is 7. The lowest BCUT2D eigenvalue weighted by Crippen LogP contribution is -2.55. The van der Waals surface area contributed by atoms with E-state index in [2.05, 4.69) is 25.7 Å². The maximum absolute atomic E-state index is 15.3. The van der Waals surface area contributed by atoms with Gasteiger partial charge in [-0.2, -0.15) is 4.98 Å². The number of anilines is 1. The lowest BCUT2D eigenvalue weighted by molar-refractivity contribution is -0.0770. The number of piperidine rings is 1. The molecule has 1 saturated heterocycles. The molecule has 10 nitrogen and oxygen atoms in total. The van der Waals surface area contributed by atoms with Gasteiger partial charge < -0.3 is 14.8 Å². The molecule has 1 N–H and O–H groups in total. The Kier molecular flexibility index (Phi) is 7.53. The lowest BCUT2D eigenvalue weighted by atomic mass is 10.0. The fraction of sp³-hybridized carbons (Fsp3) is 0.500. The van der Waals surface area contributed by atoms with Gasteiger partial charge in [-0.3, -0.25) is 4.90 Å². The van der Waals surface area contributed by atoms with Crippen LogP contribution in [0.2, 0.25) is 0 Å². The van der Waals surface area contributed by atoms with Crippen molar-refractivity contribution in [2.75, 3.05) is 59.1 Å². The van der Waals surface area contributed by atoms with E-state index in [1.54, 1.807) is 17.0 Å². The zero-order chi connectivity index (χ0) is 27.7. The molecule has 1 fully saturated rings. The van der Waals surface area contributed by atoms with E-state index >= 15 is 4.39 Å². The molecule has 39 heavy (non-hydrogen) atoms. The maximum atomic E-state index is 15.3. The molecule has 0 radical (unpaired) electrons. The van der Waals surface area contributed by atoms with Crippen molar-refractivity contribution in [2.45, 2.75) is 24.4 Å². The Balaban J connectivity index is 1.49. The van der Waals surface area contributed by atoms with Gasteiger partial charge in [0, 0.05) is 20.2 Å². The number of hydrogen-bond donors (Lipinski definition) is 1. The molecule has 0 bridgehead atoms. The van der Waals surface area contributed by atoms with E-state index in [1.807, 2.05) is 0 Å². The number of hydrogen-bond acceptors (Lipinski definition) is 8. The Hall–Kier alpha value is -3.59. The first-order valence-electron chi connectivity index (χ1n) is 12.2. The highest BCUT2D eigenvalue weighted by molar-refractivity contribution is 5.89. The number of fused-ring (bicyclic) bond motifs is 2. The Morgan fingerprint density at radius 1 is 1.21 bits per heavy atom. The minimum Gasteiger partial charge on any atom is -0.479 e. The molecule has 210 valence electrons. The first-order chi connectivity index (χ1) is 18.8. The second-order valence-electron chi connectivity index (χ2n) is 9.31. The summed E-state index contributed by atoms with van der Waals surface area (Å²) in [5.74, 6) is -3.97. The zero-order valence-electron chi connectivity index (χ0n) is 21.3. The number of likely N-dealkylation sites (tertiary alicyclic amines) is 1. The molecule has 0 amide bonds. The predicted octanol–water partition coefficient (Wildman–Crippen LogP) is 3.54. The van der Waals surface area contributed by atoms with Gasteiger partial charge in [0.25, 0.3) is 5.92 Å². The Morgan fingerprint density at radius 3 is 2.69 bits per heavy atom. The van der Waals surface area contributed by atoms with Crippen molar-refractivity contribution in [3.05, 3.63) is 30.2 Å². The fourth-order valence-corrected chi connectivity index (χ4v) is 4.79. The highest BCUT2D eigenvalue weighted by atomic mass is 19.3. The highest BCUT2D eigenvalue weighted by Gasteiger charge is 2.45. The van der Waals surface area contributed by atoms with E-state index in [0.717, 1.165) is 15.4 Å². The fourth-order valence-electron chi connectivity index (χ4n) is 4.79. The van der Waals surface area contributed by atoms with E-state index in [1.165, 1.54) is 20.3 Å². The highest BCUT2D eigenvalue weighted by Crippen LogP contribution is 2.36. The van der Waals surface area contributed by atoms with E-state index in [9.17, 15) is 17.6 Å². The molecule has 0 aliphatic carbocycles. The molecule has 4 heterocycles. The van der Waals surface area contributed by atoms with E-state index in [0.29, 0.717) is 36.3 Å². The summed E-state index contributed by atoms with van der Waals surface area (Å²) in [6.07, 6.45) is 1.21. The molecular weight excluding hydrogens is 527 g/mol. The van der Waals surface area contributed by atoms with Crippen LogP contribution in [0.1, 0.15) is 12.5 Å². The maximum Gasteiger partial charge on any atom is 0.280 e. The van der Waals surface area contributed by atoms with Crippen LogP contribution in [0.15, 0.2) is 24.4 Å². The molecule has 0 saturated carbocycles. The van der Waals surface area contributed by atoms with Gasteiger partial charge in [0.15, 0.2) is 5.82 Å². The molecule has 1 aliphatic heterocycles. The van der Waals surface area contributed by atoms with E-state index in [-0.39, 0.29) is 29.3 Å². The summed E-state index contributed by atoms with van der Waals surface area (Å²) in [5.41, 5.74) is 1.22. The van der Waals surface area contributed by atoms with Crippen molar-refractivity contribution in [3.63, 3.8) is 0 Å². The van der Waals surface area contributed by atoms with Crippen LogP contribution in [0.25, 0.3) is 27.7 Å². The molecule has 1 aromatic carbocycles. The van der Waals surface area contributed by atoms with Crippen molar-refractivity contribution >= 4 is 22.5 Å². The lowest BCUT2D eigenvalue weighted by Gasteiger charge is -2.38. The summed E-state index contributed by atoms with van der Waals surface area (Å²) >= 11 is 0. The summed E-state index contributed by atoms with van der Waals surface area (Å²) in [7, 11) is 2.83. The van der Waals surface area contributed by atoms with Crippen LogP contribution in [0.5, 0.6) is 5.88 Å². The van der Waals surface area contributed by atoms with Gasteiger partial charge in [0.1, 0.15) is 30.4 Å². The number of alkyl halides is 4. The van der Waals surface area contributed by atoms with Crippen LogP contribution in [0.3, 0.4) is 0 Å². The second-order valence-corrected chi connectivity index (χ2v) is 9.31. The smallest absolute Gasteiger partial charge is 0.280 e. The second kappa shape index (κ2) is 10.9. The van der Waals surface area contributed by atoms with Gasteiger partial charge >= 0.3 is 0 Å². The first-order valence-corrected chi connectivity index (χ1v) is 12.2. The van der Waals surface area contributed by atoms with Crippen molar-refractivity contribution in [3.8, 4) is 17.0 Å². The number of nitrogens with one attached hydrogen (secondary N) is 1. The number of rotatable bonds is 10. The molecule has 1 aliphatic rings. The van der Waals surface area contributed by atoms with Gasteiger partial charge in [0.05, 0.1) is 43.6 Å². The van der Waals surface area contributed by atoms with Crippen molar-refractivity contribution in [2.24, 2.45) is 0 Å². The van der Waals surface area contributed by atoms with Gasteiger partial charge in [-0.25, -0.2) is 31.1 Å². The van der Waals surface area contributed by atoms with Gasteiger partial charge in [0.2, 0.25) is 11.8 Å². The molecule has 0 spiro atoms. The largest absolute Gasteiger partial charge is 0.479 e. The minimum atomic E-state index is -3.08. The third-order valence-corrected chi connectivity index (χ3v) is 6.80. The standard InChI is InChI=1S/C24H27F5N8O2/c1-38-8-7-35-6-5-19(24(28,29)13-35)30-23-31-22(39-2)21-20(16(27)12-36(21)33-23)14-3-4-17-18(9-14)37(34-32-17)15(10-25)11-26/h3-4,9,12,15,19H,5-8,10-11,13H2,1-2H3,(H,30,33)/t19-/m1/s1. The Labute approximate surface area is 219 Å². The molecule has 0 unspecified atom stereocenters. The molecule has 5 rings (SSSR count). The van der Waals surface area contributed by atoms with Crippen LogP contribution < -0.4 is 10.1 Å². The van der Waals surface area contributed by atoms with Crippen molar-refractivity contribution in [1.29, 1.82) is 0 Å². The van der Waals surface area contributed by atoms with E-state index in [4.69, 9.17) is 9.47 Å². The monoisotopic (exact) mass is 554 g/mol. The quantitative estimate of drug-likeness (QED) is 0.298. The normalized spacial score (nSPS) is 17.9. The number of halogens is 5.